The Kier molecular flexibility index (Phi) is 3.78. The molecular weight excluding hydrogens is 298 g/mol. The fraction of sp³-hybridized carbons (Fsp3) is 0.133. The van der Waals surface area contributed by atoms with Gasteiger partial charge < -0.3 is 18.9 Å². The number of esters is 1. The van der Waals surface area contributed by atoms with Crippen LogP contribution in [0, 0.1) is 0 Å². The Morgan fingerprint density at radius 3 is 2.68 bits per heavy atom. The lowest BCUT2D eigenvalue weighted by Gasteiger charge is -2.10. The highest BCUT2D eigenvalue weighted by Gasteiger charge is 2.19. The Morgan fingerprint density at radius 2 is 1.86 bits per heavy atom. The van der Waals surface area contributed by atoms with Crippen molar-refractivity contribution in [2.75, 3.05) is 6.79 Å². The summed E-state index contributed by atoms with van der Waals surface area (Å²) in [6, 6.07) is 10.2. The summed E-state index contributed by atoms with van der Waals surface area (Å²) in [5.74, 6) is 0.142. The zero-order valence-corrected chi connectivity index (χ0v) is 11.1. The summed E-state index contributed by atoms with van der Waals surface area (Å²) in [5, 5.41) is 0. The van der Waals surface area contributed by atoms with Crippen molar-refractivity contribution in [3.05, 3.63) is 48.0 Å². The van der Waals surface area contributed by atoms with E-state index in [-0.39, 0.29) is 23.9 Å². The number of para-hydroxylation sites is 1. The van der Waals surface area contributed by atoms with Crippen molar-refractivity contribution in [1.29, 1.82) is 0 Å². The highest BCUT2D eigenvalue weighted by Crippen LogP contribution is 2.35. The smallest absolute Gasteiger partial charge is 0.387 e. The Hall–Kier alpha value is -2.83. The van der Waals surface area contributed by atoms with Gasteiger partial charge in [-0.15, -0.1) is 0 Å². The molecule has 0 amide bonds. The lowest BCUT2D eigenvalue weighted by Crippen LogP contribution is -2.12. The van der Waals surface area contributed by atoms with Gasteiger partial charge in [0, 0.05) is 6.07 Å². The molecule has 0 atom stereocenters. The fourth-order valence-electron chi connectivity index (χ4n) is 1.94. The summed E-state index contributed by atoms with van der Waals surface area (Å²) in [4.78, 5) is 12.1. The molecule has 0 fully saturated rings. The van der Waals surface area contributed by atoms with Crippen LogP contribution in [0.3, 0.4) is 0 Å². The quantitative estimate of drug-likeness (QED) is 0.641. The number of hydrogen-bond acceptors (Lipinski definition) is 5. The third-order valence-corrected chi connectivity index (χ3v) is 2.88. The fourth-order valence-corrected chi connectivity index (χ4v) is 1.94. The first-order valence-electron chi connectivity index (χ1n) is 6.29. The number of carbonyl (C=O) groups excluding carboxylic acids is 1. The second-order valence-electron chi connectivity index (χ2n) is 4.28. The third-order valence-electron chi connectivity index (χ3n) is 2.88. The van der Waals surface area contributed by atoms with Gasteiger partial charge in [-0.3, -0.25) is 0 Å². The molecule has 2 aromatic rings. The number of rotatable bonds is 4. The van der Waals surface area contributed by atoms with Gasteiger partial charge in [-0.2, -0.15) is 8.78 Å². The van der Waals surface area contributed by atoms with Gasteiger partial charge >= 0.3 is 12.6 Å². The number of fused-ring (bicyclic) bond motifs is 1. The highest BCUT2D eigenvalue weighted by molar-refractivity contribution is 5.94. The van der Waals surface area contributed by atoms with Crippen LogP contribution in [0.15, 0.2) is 42.5 Å². The normalized spacial score (nSPS) is 12.3. The first kappa shape index (κ1) is 14.1. The molecule has 3 rings (SSSR count). The maximum atomic E-state index is 12.3. The van der Waals surface area contributed by atoms with Crippen LogP contribution in [0.1, 0.15) is 10.4 Å². The zero-order valence-electron chi connectivity index (χ0n) is 11.1. The van der Waals surface area contributed by atoms with Crippen LogP contribution in [0.5, 0.6) is 23.0 Å². The number of hydrogen-bond donors (Lipinski definition) is 0. The van der Waals surface area contributed by atoms with Crippen molar-refractivity contribution in [2.45, 2.75) is 6.61 Å². The van der Waals surface area contributed by atoms with Gasteiger partial charge in [0.05, 0.1) is 0 Å². The average Bonchev–Trinajstić information content (AvgIpc) is 2.94. The van der Waals surface area contributed by atoms with Crippen LogP contribution in [-0.4, -0.2) is 19.4 Å². The lowest BCUT2D eigenvalue weighted by atomic mass is 10.2. The van der Waals surface area contributed by atoms with Crippen LogP contribution >= 0.6 is 0 Å². The van der Waals surface area contributed by atoms with E-state index in [0.717, 1.165) is 0 Å². The number of carbonyl (C=O) groups is 1. The van der Waals surface area contributed by atoms with E-state index in [0.29, 0.717) is 11.5 Å². The summed E-state index contributed by atoms with van der Waals surface area (Å²) in [6.45, 7) is -2.93. The Labute approximate surface area is 124 Å². The van der Waals surface area contributed by atoms with E-state index in [9.17, 15) is 13.6 Å². The molecule has 0 aliphatic carbocycles. The van der Waals surface area contributed by atoms with Gasteiger partial charge in [-0.1, -0.05) is 12.1 Å². The summed E-state index contributed by atoms with van der Waals surface area (Å²) < 4.78 is 44.4. The lowest BCUT2D eigenvalue weighted by molar-refractivity contribution is -0.0503. The Bertz CT molecular complexity index is 702. The molecule has 1 aliphatic rings. The van der Waals surface area contributed by atoms with Crippen LogP contribution in [-0.2, 0) is 0 Å². The molecule has 0 saturated carbocycles. The maximum Gasteiger partial charge on any atom is 0.387 e. The van der Waals surface area contributed by atoms with E-state index >= 15 is 0 Å². The van der Waals surface area contributed by atoms with Gasteiger partial charge in [0.1, 0.15) is 17.1 Å². The van der Waals surface area contributed by atoms with Crippen molar-refractivity contribution in [3.8, 4) is 23.0 Å². The molecule has 0 unspecified atom stereocenters. The highest BCUT2D eigenvalue weighted by atomic mass is 19.3. The molecule has 0 spiro atoms. The minimum atomic E-state index is -3.03. The molecule has 1 aliphatic heterocycles. The standard InChI is InChI=1S/C15H10F2O5/c16-15(17)22-11-4-2-1-3-10(11)14(18)21-9-5-6-12-13(7-9)20-8-19-12/h1-7,15H,8H2. The van der Waals surface area contributed by atoms with Crippen molar-refractivity contribution in [2.24, 2.45) is 0 Å². The zero-order chi connectivity index (χ0) is 15.5. The number of benzene rings is 2. The van der Waals surface area contributed by atoms with Crippen LogP contribution in [0.4, 0.5) is 8.78 Å². The molecule has 0 aromatic heterocycles. The second kappa shape index (κ2) is 5.88. The average molecular weight is 308 g/mol. The Balaban J connectivity index is 1.80. The Morgan fingerprint density at radius 1 is 1.09 bits per heavy atom. The van der Waals surface area contributed by atoms with E-state index in [1.807, 2.05) is 0 Å². The molecule has 114 valence electrons. The summed E-state index contributed by atoms with van der Waals surface area (Å²) in [5.41, 5.74) is -0.0968. The van der Waals surface area contributed by atoms with Crippen LogP contribution < -0.4 is 18.9 Å². The molecule has 1 heterocycles. The van der Waals surface area contributed by atoms with E-state index in [1.165, 1.54) is 36.4 Å². The number of halogens is 2. The molecule has 0 saturated heterocycles. The number of ether oxygens (including phenoxy) is 4. The molecule has 0 radical (unpaired) electrons. The molecule has 0 bridgehead atoms. The first-order chi connectivity index (χ1) is 10.6. The predicted molar refractivity (Wildman–Crippen MR) is 70.6 cm³/mol. The SMILES string of the molecule is O=C(Oc1ccc2c(c1)OCO2)c1ccccc1OC(F)F. The summed E-state index contributed by atoms with van der Waals surface area (Å²) >= 11 is 0. The molecule has 0 N–H and O–H groups in total. The van der Waals surface area contributed by atoms with E-state index < -0.39 is 12.6 Å². The maximum absolute atomic E-state index is 12.3. The van der Waals surface area contributed by atoms with Crippen molar-refractivity contribution < 1.29 is 32.5 Å². The topological polar surface area (TPSA) is 54.0 Å². The van der Waals surface area contributed by atoms with Crippen LogP contribution in [0.2, 0.25) is 0 Å². The molecule has 22 heavy (non-hydrogen) atoms. The molecule has 5 nitrogen and oxygen atoms in total. The van der Waals surface area contributed by atoms with Gasteiger partial charge in [0.2, 0.25) is 6.79 Å². The first-order valence-corrected chi connectivity index (χ1v) is 6.29. The molecular formula is C15H10F2O5. The van der Waals surface area contributed by atoms with E-state index in [4.69, 9.17) is 14.2 Å². The van der Waals surface area contributed by atoms with Gasteiger partial charge in [0.25, 0.3) is 0 Å². The van der Waals surface area contributed by atoms with Gasteiger partial charge in [-0.25, -0.2) is 4.79 Å². The van der Waals surface area contributed by atoms with Gasteiger partial charge in [-0.05, 0) is 24.3 Å². The molecule has 7 heteroatoms. The largest absolute Gasteiger partial charge is 0.454 e. The minimum absolute atomic E-state index is 0.0950. The van der Waals surface area contributed by atoms with E-state index in [2.05, 4.69) is 4.74 Å². The van der Waals surface area contributed by atoms with E-state index in [1.54, 1.807) is 6.07 Å². The van der Waals surface area contributed by atoms with Crippen molar-refractivity contribution in [1.82, 2.24) is 0 Å². The van der Waals surface area contributed by atoms with Crippen LogP contribution in [0.25, 0.3) is 0 Å². The number of alkyl halides is 2. The third kappa shape index (κ3) is 2.93. The second-order valence-corrected chi connectivity index (χ2v) is 4.28. The predicted octanol–water partition coefficient (Wildman–Crippen LogP) is 3.24. The summed E-state index contributed by atoms with van der Waals surface area (Å²) in [6.07, 6.45) is 0. The summed E-state index contributed by atoms with van der Waals surface area (Å²) in [7, 11) is 0. The van der Waals surface area contributed by atoms with Crippen molar-refractivity contribution in [3.63, 3.8) is 0 Å². The van der Waals surface area contributed by atoms with Crippen molar-refractivity contribution >= 4 is 5.97 Å². The monoisotopic (exact) mass is 308 g/mol. The minimum Gasteiger partial charge on any atom is -0.454 e. The van der Waals surface area contributed by atoms with Gasteiger partial charge in [0.15, 0.2) is 11.5 Å². The molecule has 2 aromatic carbocycles.